The van der Waals surface area contributed by atoms with Crippen molar-refractivity contribution in [3.05, 3.63) is 107 Å². The first-order valence-corrected chi connectivity index (χ1v) is 21.7. The van der Waals surface area contributed by atoms with Crippen molar-refractivity contribution >= 4 is 68.7 Å². The van der Waals surface area contributed by atoms with E-state index in [1.165, 1.54) is 0 Å². The van der Waals surface area contributed by atoms with Crippen molar-refractivity contribution in [3.63, 3.8) is 0 Å². The van der Waals surface area contributed by atoms with E-state index in [4.69, 9.17) is 34.7 Å². The Bertz CT molecular complexity index is 2230. The Balaban J connectivity index is 0.000000186. The first-order chi connectivity index (χ1) is 30.0. The highest BCUT2D eigenvalue weighted by atomic mass is 35.5. The van der Waals surface area contributed by atoms with E-state index < -0.39 is 11.1 Å². The van der Waals surface area contributed by atoms with Gasteiger partial charge < -0.3 is 52.1 Å². The summed E-state index contributed by atoms with van der Waals surface area (Å²) in [5.74, 6) is 1.38. The predicted octanol–water partition coefficient (Wildman–Crippen LogP) is 5.08. The van der Waals surface area contributed by atoms with Gasteiger partial charge in [0.2, 0.25) is 11.8 Å². The smallest absolute Gasteiger partial charge is 0.240 e. The Hall–Kier alpha value is -5.36. The lowest BCUT2D eigenvalue weighted by Gasteiger charge is -2.39. The summed E-state index contributed by atoms with van der Waals surface area (Å²) in [6, 6.07) is 18.3. The standard InChI is InChI=1S/2C22H27ClN6O2/c2*23-16-5-3-15(4-6-16)18(2-1-13-30)28-21(31)22(24)8-11-29(12-9-22)20-17-7-10-25-19(17)26-14-27-20/h2*3-7,10,14,18,30H,1-2,8-9,11-13,24H2,(H,28,31)(H,25,26,27)/t2*18-/m10/s1. The molecule has 4 aromatic heterocycles. The molecule has 8 rings (SSSR count). The maximum atomic E-state index is 13.2. The number of hydrogen-bond acceptors (Lipinski definition) is 12. The number of benzene rings is 2. The van der Waals surface area contributed by atoms with Crippen LogP contribution in [0.15, 0.2) is 85.7 Å². The van der Waals surface area contributed by atoms with Gasteiger partial charge in [0.15, 0.2) is 0 Å². The molecule has 62 heavy (non-hydrogen) atoms. The van der Waals surface area contributed by atoms with E-state index in [0.29, 0.717) is 87.6 Å². The molecule has 0 spiro atoms. The van der Waals surface area contributed by atoms with Crippen LogP contribution in [0.5, 0.6) is 0 Å². The van der Waals surface area contributed by atoms with Gasteiger partial charge in [-0.15, -0.1) is 0 Å². The summed E-state index contributed by atoms with van der Waals surface area (Å²) in [5, 5.41) is 27.9. The van der Waals surface area contributed by atoms with E-state index in [-0.39, 0.29) is 37.1 Å². The molecule has 2 atom stereocenters. The van der Waals surface area contributed by atoms with Gasteiger partial charge in [-0.2, -0.15) is 0 Å². The Morgan fingerprint density at radius 2 is 1.00 bits per heavy atom. The van der Waals surface area contributed by atoms with Crippen molar-refractivity contribution in [1.82, 2.24) is 40.5 Å². The summed E-state index contributed by atoms with van der Waals surface area (Å²) in [5.41, 5.74) is 14.7. The second-order valence-electron chi connectivity index (χ2n) is 16.0. The van der Waals surface area contributed by atoms with Crippen molar-refractivity contribution < 1.29 is 19.8 Å². The summed E-state index contributed by atoms with van der Waals surface area (Å²) in [4.78, 5) is 54.2. The molecule has 328 valence electrons. The third-order valence-electron chi connectivity index (χ3n) is 11.9. The molecule has 2 aromatic carbocycles. The zero-order valence-corrected chi connectivity index (χ0v) is 36.0. The molecule has 2 saturated heterocycles. The number of aromatic amines is 2. The van der Waals surface area contributed by atoms with Crippen LogP contribution >= 0.6 is 23.2 Å². The van der Waals surface area contributed by atoms with Crippen LogP contribution in [-0.4, -0.2) is 102 Å². The summed E-state index contributed by atoms with van der Waals surface area (Å²) < 4.78 is 0. The number of nitrogens with one attached hydrogen (secondary N) is 4. The maximum absolute atomic E-state index is 13.2. The number of aliphatic hydroxyl groups is 2. The Labute approximate surface area is 369 Å². The molecule has 0 unspecified atom stereocenters. The lowest BCUT2D eigenvalue weighted by atomic mass is 9.86. The van der Waals surface area contributed by atoms with Gasteiger partial charge in [-0.1, -0.05) is 47.5 Å². The number of rotatable bonds is 14. The van der Waals surface area contributed by atoms with E-state index in [2.05, 4.69) is 50.3 Å². The van der Waals surface area contributed by atoms with Gasteiger partial charge in [0.25, 0.3) is 0 Å². The van der Waals surface area contributed by atoms with Gasteiger partial charge >= 0.3 is 0 Å². The molecule has 2 fully saturated rings. The predicted molar refractivity (Wildman–Crippen MR) is 242 cm³/mol. The van der Waals surface area contributed by atoms with Crippen molar-refractivity contribution in [1.29, 1.82) is 0 Å². The number of hydrogen-bond donors (Lipinski definition) is 8. The zero-order chi connectivity index (χ0) is 43.7. The monoisotopic (exact) mass is 884 g/mol. The van der Waals surface area contributed by atoms with Gasteiger partial charge in [-0.3, -0.25) is 9.59 Å². The molecular formula is C44H54Cl2N12O4. The number of H-pyrrole nitrogens is 2. The number of carbonyl (C=O) groups excluding carboxylic acids is 2. The number of nitrogens with two attached hydrogens (primary N) is 2. The van der Waals surface area contributed by atoms with Gasteiger partial charge in [-0.25, -0.2) is 19.9 Å². The van der Waals surface area contributed by atoms with Crippen LogP contribution in [0.4, 0.5) is 11.6 Å². The number of aromatic nitrogens is 6. The number of carbonyl (C=O) groups is 2. The Kier molecular flexibility index (Phi) is 14.6. The molecule has 0 radical (unpaired) electrons. The minimum atomic E-state index is -0.954. The maximum Gasteiger partial charge on any atom is 0.240 e. The molecule has 10 N–H and O–H groups in total. The molecule has 0 bridgehead atoms. The minimum Gasteiger partial charge on any atom is -0.396 e. The van der Waals surface area contributed by atoms with Crippen molar-refractivity contribution in [2.24, 2.45) is 11.5 Å². The summed E-state index contributed by atoms with van der Waals surface area (Å²) >= 11 is 12.0. The van der Waals surface area contributed by atoms with Crippen LogP contribution in [0.3, 0.4) is 0 Å². The molecule has 0 saturated carbocycles. The topological polar surface area (TPSA) is 240 Å². The molecule has 0 aliphatic carbocycles. The Morgan fingerprint density at radius 3 is 1.35 bits per heavy atom. The molecular weight excluding hydrogens is 831 g/mol. The average Bonchev–Trinajstić information content (AvgIpc) is 3.99. The highest BCUT2D eigenvalue weighted by Gasteiger charge is 2.40. The second kappa shape index (κ2) is 20.2. The number of anilines is 2. The highest BCUT2D eigenvalue weighted by Crippen LogP contribution is 2.31. The van der Waals surface area contributed by atoms with Gasteiger partial charge in [0.05, 0.1) is 33.9 Å². The van der Waals surface area contributed by atoms with Crippen LogP contribution in [-0.2, 0) is 9.59 Å². The van der Waals surface area contributed by atoms with Crippen LogP contribution < -0.4 is 31.9 Å². The van der Waals surface area contributed by atoms with Crippen LogP contribution in [0.25, 0.3) is 22.1 Å². The molecule has 16 nitrogen and oxygen atoms in total. The summed E-state index contributed by atoms with van der Waals surface area (Å²) in [6.07, 6.45) is 11.3. The van der Waals surface area contributed by atoms with Gasteiger partial charge in [-0.05, 0) is 98.9 Å². The normalized spacial score (nSPS) is 16.9. The van der Waals surface area contributed by atoms with E-state index in [1.807, 2.05) is 48.8 Å². The second-order valence-corrected chi connectivity index (χ2v) is 16.9. The largest absolute Gasteiger partial charge is 0.396 e. The number of fused-ring (bicyclic) bond motifs is 2. The van der Waals surface area contributed by atoms with E-state index in [9.17, 15) is 19.8 Å². The van der Waals surface area contributed by atoms with Gasteiger partial charge in [0.1, 0.15) is 35.6 Å². The fraction of sp³-hybridized carbons (Fsp3) is 0.409. The van der Waals surface area contributed by atoms with E-state index in [0.717, 1.165) is 44.8 Å². The van der Waals surface area contributed by atoms with Gasteiger partial charge in [0, 0.05) is 61.8 Å². The highest BCUT2D eigenvalue weighted by molar-refractivity contribution is 6.30. The lowest BCUT2D eigenvalue weighted by molar-refractivity contribution is -0.128. The molecule has 18 heteroatoms. The quantitative estimate of drug-likeness (QED) is 0.0715. The fourth-order valence-electron chi connectivity index (χ4n) is 8.14. The zero-order valence-electron chi connectivity index (χ0n) is 34.4. The molecule has 6 heterocycles. The van der Waals surface area contributed by atoms with Crippen molar-refractivity contribution in [2.45, 2.75) is 74.5 Å². The van der Waals surface area contributed by atoms with Crippen LogP contribution in [0.2, 0.25) is 10.0 Å². The molecule has 2 aliphatic heterocycles. The summed E-state index contributed by atoms with van der Waals surface area (Å²) in [7, 11) is 0. The lowest BCUT2D eigenvalue weighted by Crippen LogP contribution is -2.60. The number of amides is 2. The van der Waals surface area contributed by atoms with Crippen LogP contribution in [0.1, 0.15) is 74.6 Å². The minimum absolute atomic E-state index is 0.0647. The number of nitrogens with zero attached hydrogens (tertiary/aromatic N) is 6. The molecule has 2 amide bonds. The van der Waals surface area contributed by atoms with Crippen molar-refractivity contribution in [2.75, 3.05) is 49.2 Å². The number of aliphatic hydroxyl groups excluding tert-OH is 2. The SMILES string of the molecule is NC1(C(=O)N[C@@H](CCCO)c2ccc(Cl)cc2)CCN(c2ncnc3[nH]ccc23)CC1.NC1(C(=O)N[C@H](CCCO)c2ccc(Cl)cc2)CCN(c2ncnc3[nH]ccc23)CC1. The number of halogens is 2. The van der Waals surface area contributed by atoms with Crippen molar-refractivity contribution in [3.8, 4) is 0 Å². The fourth-order valence-corrected chi connectivity index (χ4v) is 8.39. The first-order valence-electron chi connectivity index (χ1n) is 21.0. The first kappa shape index (κ1) is 44.7. The average molecular weight is 886 g/mol. The third kappa shape index (κ3) is 10.5. The third-order valence-corrected chi connectivity index (χ3v) is 12.4. The number of piperidine rings is 2. The van der Waals surface area contributed by atoms with E-state index >= 15 is 0 Å². The molecule has 2 aliphatic rings. The molecule has 6 aromatic rings. The van der Waals surface area contributed by atoms with Crippen LogP contribution in [0, 0.1) is 0 Å². The van der Waals surface area contributed by atoms with E-state index in [1.54, 1.807) is 36.9 Å². The summed E-state index contributed by atoms with van der Waals surface area (Å²) in [6.45, 7) is 2.64. The Morgan fingerprint density at radius 1 is 0.629 bits per heavy atom.